The van der Waals surface area contributed by atoms with E-state index in [9.17, 15) is 0 Å². The van der Waals surface area contributed by atoms with Crippen LogP contribution < -0.4 is 11.1 Å². The summed E-state index contributed by atoms with van der Waals surface area (Å²) in [7, 11) is 0. The molecule has 4 heteroatoms. The summed E-state index contributed by atoms with van der Waals surface area (Å²) in [5.41, 5.74) is 7.02. The Hall–Kier alpha value is -0.600. The van der Waals surface area contributed by atoms with E-state index < -0.39 is 0 Å². The minimum atomic E-state index is 0.344. The van der Waals surface area contributed by atoms with Crippen molar-refractivity contribution in [3.8, 4) is 0 Å². The van der Waals surface area contributed by atoms with Gasteiger partial charge in [-0.3, -0.25) is 0 Å². The first-order chi connectivity index (χ1) is 7.90. The van der Waals surface area contributed by atoms with Crippen molar-refractivity contribution in [1.82, 2.24) is 0 Å². The third-order valence-corrected chi connectivity index (χ3v) is 3.23. The van der Waals surface area contributed by atoms with E-state index in [0.717, 1.165) is 12.1 Å². The summed E-state index contributed by atoms with van der Waals surface area (Å²) in [5, 5.41) is 4.49. The zero-order valence-corrected chi connectivity index (χ0v) is 12.1. The van der Waals surface area contributed by atoms with Gasteiger partial charge in [-0.1, -0.05) is 37.0 Å². The number of anilines is 2. The molecule has 1 aromatic carbocycles. The average Bonchev–Trinajstić information content (AvgIpc) is 2.20. The van der Waals surface area contributed by atoms with Crippen LogP contribution in [0, 0.1) is 5.92 Å². The van der Waals surface area contributed by atoms with Gasteiger partial charge in [0.1, 0.15) is 0 Å². The molecule has 1 aromatic rings. The second kappa shape index (κ2) is 6.36. The molecule has 0 radical (unpaired) electrons. The van der Waals surface area contributed by atoms with Gasteiger partial charge in [-0.05, 0) is 37.8 Å². The largest absolute Gasteiger partial charge is 0.399 e. The summed E-state index contributed by atoms with van der Waals surface area (Å²) in [5.74, 6) is 0.705. The second-order valence-corrected chi connectivity index (χ2v) is 5.69. The Kier molecular flexibility index (Phi) is 5.41. The van der Waals surface area contributed by atoms with Crippen LogP contribution in [0.4, 0.5) is 11.4 Å². The Balaban J connectivity index is 2.68. The lowest BCUT2D eigenvalue weighted by atomic mass is 10.0. The molecule has 0 aliphatic carbocycles. The van der Waals surface area contributed by atoms with Gasteiger partial charge >= 0.3 is 0 Å². The molecule has 3 N–H and O–H groups in total. The highest BCUT2D eigenvalue weighted by Gasteiger charge is 2.10. The number of hydrogen-bond acceptors (Lipinski definition) is 2. The smallest absolute Gasteiger partial charge is 0.0722 e. The van der Waals surface area contributed by atoms with Crippen LogP contribution in [0.15, 0.2) is 12.1 Å². The number of nitrogen functional groups attached to an aromatic ring is 1. The molecule has 0 aliphatic rings. The van der Waals surface area contributed by atoms with Crippen LogP contribution in [0.25, 0.3) is 0 Å². The van der Waals surface area contributed by atoms with Crippen LogP contribution in [0.3, 0.4) is 0 Å². The van der Waals surface area contributed by atoms with Gasteiger partial charge in [-0.2, -0.15) is 0 Å². The molecule has 0 bridgehead atoms. The number of rotatable bonds is 5. The number of halogens is 2. The third kappa shape index (κ3) is 4.64. The fourth-order valence-electron chi connectivity index (χ4n) is 1.63. The van der Waals surface area contributed by atoms with Crippen LogP contribution in [0.1, 0.15) is 33.6 Å². The fourth-order valence-corrected chi connectivity index (χ4v) is 2.25. The summed E-state index contributed by atoms with van der Waals surface area (Å²) in [6.45, 7) is 6.57. The molecule has 0 saturated heterocycles. The van der Waals surface area contributed by atoms with Crippen molar-refractivity contribution < 1.29 is 0 Å². The highest BCUT2D eigenvalue weighted by Crippen LogP contribution is 2.33. The van der Waals surface area contributed by atoms with Crippen LogP contribution in [-0.2, 0) is 0 Å². The number of hydrogen-bond donors (Lipinski definition) is 2. The molecule has 0 fully saturated rings. The standard InChI is InChI=1S/C13H20Cl2N2/c1-8(2)4-5-9(3)17-13-11(14)6-10(16)7-12(13)15/h6-9,17H,4-5,16H2,1-3H3. The van der Waals surface area contributed by atoms with E-state index in [1.165, 1.54) is 6.42 Å². The molecular formula is C13H20Cl2N2. The lowest BCUT2D eigenvalue weighted by molar-refractivity contribution is 0.528. The predicted octanol–water partition coefficient (Wildman–Crippen LogP) is 4.81. The van der Waals surface area contributed by atoms with E-state index in [1.807, 2.05) is 0 Å². The SMILES string of the molecule is CC(C)CCC(C)Nc1c(Cl)cc(N)cc1Cl. The van der Waals surface area contributed by atoms with E-state index in [0.29, 0.717) is 27.7 Å². The Morgan fingerprint density at radius 2 is 1.65 bits per heavy atom. The van der Waals surface area contributed by atoms with Gasteiger partial charge < -0.3 is 11.1 Å². The van der Waals surface area contributed by atoms with Gasteiger partial charge in [0.2, 0.25) is 0 Å². The summed E-state index contributed by atoms with van der Waals surface area (Å²) < 4.78 is 0. The monoisotopic (exact) mass is 274 g/mol. The number of benzene rings is 1. The van der Waals surface area contributed by atoms with Crippen molar-refractivity contribution in [3.05, 3.63) is 22.2 Å². The van der Waals surface area contributed by atoms with Crippen LogP contribution in [-0.4, -0.2) is 6.04 Å². The molecule has 0 heterocycles. The molecule has 17 heavy (non-hydrogen) atoms. The molecule has 96 valence electrons. The maximum absolute atomic E-state index is 6.11. The lowest BCUT2D eigenvalue weighted by Gasteiger charge is -2.18. The highest BCUT2D eigenvalue weighted by atomic mass is 35.5. The van der Waals surface area contributed by atoms with Gasteiger partial charge in [0, 0.05) is 11.7 Å². The van der Waals surface area contributed by atoms with E-state index in [2.05, 4.69) is 26.1 Å². The molecule has 1 atom stereocenters. The van der Waals surface area contributed by atoms with Gasteiger partial charge in [0.15, 0.2) is 0 Å². The number of nitrogens with one attached hydrogen (secondary N) is 1. The molecule has 2 nitrogen and oxygen atoms in total. The molecule has 0 spiro atoms. The maximum Gasteiger partial charge on any atom is 0.0722 e. The van der Waals surface area contributed by atoms with Gasteiger partial charge in [0.05, 0.1) is 15.7 Å². The maximum atomic E-state index is 6.11. The van der Waals surface area contributed by atoms with E-state index in [-0.39, 0.29) is 0 Å². The molecule has 0 aliphatic heterocycles. The molecule has 0 amide bonds. The fraction of sp³-hybridized carbons (Fsp3) is 0.538. The number of nitrogens with two attached hydrogens (primary N) is 1. The Labute approximate surface area is 113 Å². The minimum Gasteiger partial charge on any atom is -0.399 e. The van der Waals surface area contributed by atoms with Crippen molar-refractivity contribution in [2.24, 2.45) is 5.92 Å². The van der Waals surface area contributed by atoms with Crippen LogP contribution >= 0.6 is 23.2 Å². The lowest BCUT2D eigenvalue weighted by Crippen LogP contribution is -2.16. The second-order valence-electron chi connectivity index (χ2n) is 4.88. The zero-order valence-electron chi connectivity index (χ0n) is 10.6. The Bertz CT molecular complexity index is 355. The first kappa shape index (κ1) is 14.5. The van der Waals surface area contributed by atoms with Crippen molar-refractivity contribution in [2.45, 2.75) is 39.7 Å². The minimum absolute atomic E-state index is 0.344. The predicted molar refractivity (Wildman–Crippen MR) is 78.0 cm³/mol. The quantitative estimate of drug-likeness (QED) is 0.756. The summed E-state index contributed by atoms with van der Waals surface area (Å²) in [6.07, 6.45) is 2.27. The molecule has 0 saturated carbocycles. The molecule has 0 aromatic heterocycles. The highest BCUT2D eigenvalue weighted by molar-refractivity contribution is 6.39. The van der Waals surface area contributed by atoms with E-state index in [4.69, 9.17) is 28.9 Å². The van der Waals surface area contributed by atoms with Crippen molar-refractivity contribution in [3.63, 3.8) is 0 Å². The van der Waals surface area contributed by atoms with E-state index >= 15 is 0 Å². The van der Waals surface area contributed by atoms with Crippen LogP contribution in [0.2, 0.25) is 10.0 Å². The summed E-state index contributed by atoms with van der Waals surface area (Å²) in [6, 6.07) is 3.77. The summed E-state index contributed by atoms with van der Waals surface area (Å²) in [4.78, 5) is 0. The molecule has 1 unspecified atom stereocenters. The van der Waals surface area contributed by atoms with E-state index in [1.54, 1.807) is 12.1 Å². The first-order valence-electron chi connectivity index (χ1n) is 5.91. The van der Waals surface area contributed by atoms with Crippen molar-refractivity contribution in [1.29, 1.82) is 0 Å². The Morgan fingerprint density at radius 3 is 2.12 bits per heavy atom. The third-order valence-electron chi connectivity index (χ3n) is 2.63. The van der Waals surface area contributed by atoms with Crippen molar-refractivity contribution >= 4 is 34.6 Å². The van der Waals surface area contributed by atoms with Gasteiger partial charge in [-0.25, -0.2) is 0 Å². The molecular weight excluding hydrogens is 255 g/mol. The van der Waals surface area contributed by atoms with Gasteiger partial charge in [0.25, 0.3) is 0 Å². The molecule has 1 rings (SSSR count). The topological polar surface area (TPSA) is 38.0 Å². The first-order valence-corrected chi connectivity index (χ1v) is 6.66. The average molecular weight is 275 g/mol. The van der Waals surface area contributed by atoms with Gasteiger partial charge in [-0.15, -0.1) is 0 Å². The summed E-state index contributed by atoms with van der Waals surface area (Å²) >= 11 is 12.2. The van der Waals surface area contributed by atoms with Crippen molar-refractivity contribution in [2.75, 3.05) is 11.1 Å². The zero-order chi connectivity index (χ0) is 13.0. The normalized spacial score (nSPS) is 12.8. The van der Waals surface area contributed by atoms with Crippen LogP contribution in [0.5, 0.6) is 0 Å². The Morgan fingerprint density at radius 1 is 1.12 bits per heavy atom.